The first-order chi connectivity index (χ1) is 9.79. The van der Waals surface area contributed by atoms with Gasteiger partial charge in [-0.1, -0.05) is 0 Å². The largest absolute Gasteiger partial charge is 0.433 e. The van der Waals surface area contributed by atoms with E-state index in [1.165, 1.54) is 6.92 Å². The zero-order valence-electron chi connectivity index (χ0n) is 11.4. The summed E-state index contributed by atoms with van der Waals surface area (Å²) in [6.45, 7) is 2.68. The lowest BCUT2D eigenvalue weighted by Crippen LogP contribution is -2.34. The number of aliphatic hydroxyl groups excluding tert-OH is 1. The van der Waals surface area contributed by atoms with Gasteiger partial charge < -0.3 is 15.7 Å². The SMILES string of the molecule is Cc1nc(C(F)(F)F)ccc1C(=O)NCC1CNCC1O. The van der Waals surface area contributed by atoms with Gasteiger partial charge in [0.25, 0.3) is 5.91 Å². The van der Waals surface area contributed by atoms with Gasteiger partial charge in [-0.3, -0.25) is 4.79 Å². The maximum Gasteiger partial charge on any atom is 0.433 e. The van der Waals surface area contributed by atoms with E-state index in [4.69, 9.17) is 0 Å². The highest BCUT2D eigenvalue weighted by Gasteiger charge is 2.33. The van der Waals surface area contributed by atoms with E-state index in [0.29, 0.717) is 13.1 Å². The molecular weight excluding hydrogens is 287 g/mol. The summed E-state index contributed by atoms with van der Waals surface area (Å²) < 4.78 is 37.5. The first kappa shape index (κ1) is 15.7. The molecule has 0 aromatic carbocycles. The number of β-amino-alcohol motifs (C(OH)–C–C–N with tert-alkyl or cyclic N) is 1. The van der Waals surface area contributed by atoms with Gasteiger partial charge in [0.1, 0.15) is 5.69 Å². The van der Waals surface area contributed by atoms with Crippen LogP contribution in [0.25, 0.3) is 0 Å². The Morgan fingerprint density at radius 1 is 1.48 bits per heavy atom. The summed E-state index contributed by atoms with van der Waals surface area (Å²) in [4.78, 5) is 15.4. The molecule has 21 heavy (non-hydrogen) atoms. The number of nitrogens with zero attached hydrogens (tertiary/aromatic N) is 1. The van der Waals surface area contributed by atoms with Crippen LogP contribution in [-0.2, 0) is 6.18 Å². The molecule has 1 aliphatic heterocycles. The lowest BCUT2D eigenvalue weighted by Gasteiger charge is -2.15. The molecule has 1 saturated heterocycles. The zero-order chi connectivity index (χ0) is 15.6. The summed E-state index contributed by atoms with van der Waals surface area (Å²) in [7, 11) is 0. The Hall–Kier alpha value is -1.67. The maximum atomic E-state index is 12.5. The number of aliphatic hydroxyl groups is 1. The standard InChI is InChI=1S/C13H16F3N3O2/c1-7-9(2-3-11(19-7)13(14,15)16)12(21)18-5-8-4-17-6-10(8)20/h2-3,8,10,17,20H,4-6H2,1H3,(H,18,21). The molecule has 1 aromatic rings. The van der Waals surface area contributed by atoms with Crippen molar-refractivity contribution in [3.63, 3.8) is 0 Å². The van der Waals surface area contributed by atoms with Gasteiger partial charge in [0, 0.05) is 25.6 Å². The van der Waals surface area contributed by atoms with E-state index in [0.717, 1.165) is 12.1 Å². The van der Waals surface area contributed by atoms with Gasteiger partial charge in [-0.05, 0) is 19.1 Å². The molecule has 3 N–H and O–H groups in total. The van der Waals surface area contributed by atoms with Gasteiger partial charge in [0.2, 0.25) is 0 Å². The molecule has 0 spiro atoms. The number of carbonyl (C=O) groups excluding carboxylic acids is 1. The third kappa shape index (κ3) is 3.70. The first-order valence-corrected chi connectivity index (χ1v) is 6.51. The van der Waals surface area contributed by atoms with Gasteiger partial charge >= 0.3 is 6.18 Å². The van der Waals surface area contributed by atoms with Gasteiger partial charge in [0.15, 0.2) is 0 Å². The Kier molecular flexibility index (Phi) is 4.48. The fourth-order valence-corrected chi connectivity index (χ4v) is 2.21. The van der Waals surface area contributed by atoms with Crippen molar-refractivity contribution in [1.82, 2.24) is 15.6 Å². The number of aryl methyl sites for hydroxylation is 1. The van der Waals surface area contributed by atoms with Gasteiger partial charge in [-0.2, -0.15) is 13.2 Å². The van der Waals surface area contributed by atoms with Crippen molar-refractivity contribution < 1.29 is 23.1 Å². The molecule has 0 saturated carbocycles. The van der Waals surface area contributed by atoms with E-state index in [2.05, 4.69) is 15.6 Å². The number of aromatic nitrogens is 1. The van der Waals surface area contributed by atoms with Crippen molar-refractivity contribution in [1.29, 1.82) is 0 Å². The van der Waals surface area contributed by atoms with Crippen LogP contribution in [0, 0.1) is 12.8 Å². The van der Waals surface area contributed by atoms with Crippen LogP contribution in [-0.4, -0.2) is 41.7 Å². The van der Waals surface area contributed by atoms with Crippen molar-refractivity contribution in [3.05, 3.63) is 29.1 Å². The normalized spacial score (nSPS) is 22.3. The number of rotatable bonds is 3. The van der Waals surface area contributed by atoms with Crippen LogP contribution in [0.1, 0.15) is 21.7 Å². The molecule has 2 atom stereocenters. The number of amides is 1. The van der Waals surface area contributed by atoms with Crippen molar-refractivity contribution in [2.45, 2.75) is 19.2 Å². The van der Waals surface area contributed by atoms with Gasteiger partial charge in [-0.25, -0.2) is 4.98 Å². The minimum atomic E-state index is -4.53. The van der Waals surface area contributed by atoms with Crippen LogP contribution in [0.4, 0.5) is 13.2 Å². The van der Waals surface area contributed by atoms with Crippen molar-refractivity contribution >= 4 is 5.91 Å². The highest BCUT2D eigenvalue weighted by atomic mass is 19.4. The Morgan fingerprint density at radius 2 is 2.19 bits per heavy atom. The highest BCUT2D eigenvalue weighted by Crippen LogP contribution is 2.28. The fourth-order valence-electron chi connectivity index (χ4n) is 2.21. The molecule has 116 valence electrons. The molecule has 1 aromatic heterocycles. The number of pyridine rings is 1. The predicted octanol–water partition coefficient (Wildman–Crippen LogP) is 0.719. The minimum absolute atomic E-state index is 0.0208. The molecule has 0 aliphatic carbocycles. The molecule has 0 bridgehead atoms. The first-order valence-electron chi connectivity index (χ1n) is 6.51. The van der Waals surface area contributed by atoms with Gasteiger partial charge in [0.05, 0.1) is 17.4 Å². The second kappa shape index (κ2) is 5.98. The molecular formula is C13H16F3N3O2. The predicted molar refractivity (Wildman–Crippen MR) is 68.7 cm³/mol. The number of carbonyl (C=O) groups is 1. The van der Waals surface area contributed by atoms with Crippen LogP contribution in [0.15, 0.2) is 12.1 Å². The lowest BCUT2D eigenvalue weighted by atomic mass is 10.1. The molecule has 2 unspecified atom stereocenters. The number of halogens is 3. The number of hydrogen-bond donors (Lipinski definition) is 3. The average Bonchev–Trinajstić information content (AvgIpc) is 2.80. The molecule has 2 rings (SSSR count). The Labute approximate surface area is 119 Å². The molecule has 1 aliphatic rings. The quantitative estimate of drug-likeness (QED) is 0.769. The van der Waals surface area contributed by atoms with Crippen LogP contribution in [0.3, 0.4) is 0 Å². The highest BCUT2D eigenvalue weighted by molar-refractivity contribution is 5.95. The van der Waals surface area contributed by atoms with E-state index in [1.54, 1.807) is 0 Å². The van der Waals surface area contributed by atoms with Crippen molar-refractivity contribution in [2.75, 3.05) is 19.6 Å². The van der Waals surface area contributed by atoms with E-state index >= 15 is 0 Å². The monoisotopic (exact) mass is 303 g/mol. The van der Waals surface area contributed by atoms with Crippen LogP contribution in [0.2, 0.25) is 0 Å². The number of alkyl halides is 3. The Balaban J connectivity index is 2.02. The van der Waals surface area contributed by atoms with E-state index in [-0.39, 0.29) is 23.7 Å². The molecule has 0 radical (unpaired) electrons. The van der Waals surface area contributed by atoms with Crippen LogP contribution in [0.5, 0.6) is 0 Å². The summed E-state index contributed by atoms with van der Waals surface area (Å²) in [5, 5.41) is 15.2. The third-order valence-electron chi connectivity index (χ3n) is 3.45. The fraction of sp³-hybridized carbons (Fsp3) is 0.538. The van der Waals surface area contributed by atoms with Crippen LogP contribution >= 0.6 is 0 Å². The molecule has 2 heterocycles. The van der Waals surface area contributed by atoms with Crippen molar-refractivity contribution in [3.8, 4) is 0 Å². The summed E-state index contributed by atoms with van der Waals surface area (Å²) in [5.74, 6) is -0.593. The minimum Gasteiger partial charge on any atom is -0.391 e. The molecule has 8 heteroatoms. The van der Waals surface area contributed by atoms with Crippen molar-refractivity contribution in [2.24, 2.45) is 5.92 Å². The van der Waals surface area contributed by atoms with E-state index in [9.17, 15) is 23.1 Å². The maximum absolute atomic E-state index is 12.5. The van der Waals surface area contributed by atoms with E-state index < -0.39 is 23.9 Å². The van der Waals surface area contributed by atoms with Crippen LogP contribution < -0.4 is 10.6 Å². The Morgan fingerprint density at radius 3 is 2.71 bits per heavy atom. The summed E-state index contributed by atoms with van der Waals surface area (Å²) >= 11 is 0. The lowest BCUT2D eigenvalue weighted by molar-refractivity contribution is -0.141. The second-order valence-corrected chi connectivity index (χ2v) is 5.02. The number of nitrogens with one attached hydrogen (secondary N) is 2. The smallest absolute Gasteiger partial charge is 0.391 e. The molecule has 5 nitrogen and oxygen atoms in total. The molecule has 1 fully saturated rings. The van der Waals surface area contributed by atoms with E-state index in [1.807, 2.05) is 0 Å². The topological polar surface area (TPSA) is 74.2 Å². The molecule has 1 amide bonds. The average molecular weight is 303 g/mol. The third-order valence-corrected chi connectivity index (χ3v) is 3.45. The number of hydrogen-bond acceptors (Lipinski definition) is 4. The Bertz CT molecular complexity index is 534. The summed E-state index contributed by atoms with van der Waals surface area (Å²) in [6.07, 6.45) is -5.06. The summed E-state index contributed by atoms with van der Waals surface area (Å²) in [6, 6.07) is 1.90. The zero-order valence-corrected chi connectivity index (χ0v) is 11.4. The second-order valence-electron chi connectivity index (χ2n) is 5.02. The summed E-state index contributed by atoms with van der Waals surface area (Å²) in [5.41, 5.74) is -0.900. The van der Waals surface area contributed by atoms with Gasteiger partial charge in [-0.15, -0.1) is 0 Å².